The Morgan fingerprint density at radius 2 is 0.750 bits per heavy atom. The molecule has 0 bridgehead atoms. The van der Waals surface area contributed by atoms with Crippen molar-refractivity contribution >= 4 is 32.2 Å². The summed E-state index contributed by atoms with van der Waals surface area (Å²) < 4.78 is 11.3. The van der Waals surface area contributed by atoms with E-state index in [-0.39, 0.29) is 0 Å². The van der Waals surface area contributed by atoms with Gasteiger partial charge in [-0.15, -0.1) is 0 Å². The summed E-state index contributed by atoms with van der Waals surface area (Å²) in [4.78, 5) is 0. The van der Waals surface area contributed by atoms with Gasteiger partial charge in [-0.2, -0.15) is 0 Å². The molecule has 18 valence electrons. The van der Waals surface area contributed by atoms with Gasteiger partial charge in [-0.25, -0.2) is 0 Å². The van der Waals surface area contributed by atoms with E-state index in [1.54, 1.807) is 32.2 Å². The minimum absolute atomic E-state index is 1.67. The van der Waals surface area contributed by atoms with E-state index in [4.69, 9.17) is 8.69 Å². The van der Waals surface area contributed by atoms with Crippen molar-refractivity contribution in [3.63, 3.8) is 0 Å². The molecule has 0 fully saturated rings. The molecule has 0 spiro atoms. The van der Waals surface area contributed by atoms with Crippen LogP contribution in [0.3, 0.4) is 0 Å². The third-order valence-corrected chi connectivity index (χ3v) is 0. The Labute approximate surface area is 41.2 Å². The Hall–Kier alpha value is 0.665. The van der Waals surface area contributed by atoms with Crippen LogP contribution in [0.1, 0.15) is 0 Å². The number of rotatable bonds is 0. The molecular weight excluding hydrogens is 82.0 g/mol. The van der Waals surface area contributed by atoms with Gasteiger partial charge in [-0.1, -0.05) is 0 Å². The maximum absolute atomic E-state index is 5.67. The molecular formula is H2Al2N2. The Kier molecular flexibility index (Phi) is 130. The number of hydrogen-bond donors (Lipinski definition) is 2. The average Bonchev–Trinajstić information content (AvgIpc) is 1.50. The van der Waals surface area contributed by atoms with Gasteiger partial charge in [0.15, 0.2) is 0 Å². The first-order valence-corrected chi connectivity index (χ1v) is 1.73. The Morgan fingerprint density at radius 1 is 0.750 bits per heavy atom. The van der Waals surface area contributed by atoms with E-state index in [1.807, 2.05) is 0 Å². The molecule has 0 unspecified atom stereocenters. The molecule has 2 N–H and O–H groups in total. The molecule has 2 nitrogen and oxygen atoms in total. The Morgan fingerprint density at radius 3 is 0.750 bits per heavy atom. The van der Waals surface area contributed by atoms with Crippen LogP contribution < -0.4 is 0 Å². The number of hydrogen-bond acceptors (Lipinski definition) is 2. The van der Waals surface area contributed by atoms with Gasteiger partial charge in [-0.3, -0.25) is 0 Å². The summed E-state index contributed by atoms with van der Waals surface area (Å²) in [7, 11) is 0. The molecule has 4 heavy (non-hydrogen) atoms. The van der Waals surface area contributed by atoms with Crippen LogP contribution in [0.4, 0.5) is 0 Å². The van der Waals surface area contributed by atoms with Gasteiger partial charge in [0.25, 0.3) is 0 Å². The van der Waals surface area contributed by atoms with Gasteiger partial charge in [0, 0.05) is 0 Å². The molecule has 0 aliphatic heterocycles. The standard InChI is InChI=1S/2Al.2HN/h;;2*1H. The van der Waals surface area contributed by atoms with E-state index < -0.39 is 0 Å². The maximum atomic E-state index is 5.67. The van der Waals surface area contributed by atoms with Crippen molar-refractivity contribution in [3.8, 4) is 0 Å². The van der Waals surface area contributed by atoms with Crippen molar-refractivity contribution < 1.29 is 0 Å². The summed E-state index contributed by atoms with van der Waals surface area (Å²) >= 11 is 3.33. The summed E-state index contributed by atoms with van der Waals surface area (Å²) in [5, 5.41) is 0. The second-order valence-corrected chi connectivity index (χ2v) is 0. The van der Waals surface area contributed by atoms with Gasteiger partial charge in [0.1, 0.15) is 0 Å². The summed E-state index contributed by atoms with van der Waals surface area (Å²) in [6, 6.07) is 0. The van der Waals surface area contributed by atoms with Crippen LogP contribution in [0.25, 0.3) is 0 Å². The van der Waals surface area contributed by atoms with E-state index in [2.05, 4.69) is 0 Å². The number of nitrogens with one attached hydrogen (secondary N) is 2. The quantitative estimate of drug-likeness (QED) is 0.383. The third kappa shape index (κ3) is 16.7. The monoisotopic (exact) mass is 84.0 g/mol. The Bertz CT molecular complexity index is 6.00. The van der Waals surface area contributed by atoms with Gasteiger partial charge >= 0.3 is 40.9 Å². The van der Waals surface area contributed by atoms with Gasteiger partial charge in [0.2, 0.25) is 0 Å². The normalized spacial score (nSPS) is 1.50. The molecule has 2 radical (unpaired) electrons. The first-order chi connectivity index (χ1) is 2.00. The zero-order chi connectivity index (χ0) is 4.00. The van der Waals surface area contributed by atoms with Crippen molar-refractivity contribution in [2.45, 2.75) is 0 Å². The summed E-state index contributed by atoms with van der Waals surface area (Å²) in [6.07, 6.45) is 0. The fourth-order valence-corrected chi connectivity index (χ4v) is 0. The van der Waals surface area contributed by atoms with Crippen molar-refractivity contribution in [2.24, 2.45) is 0 Å². The zero-order valence-electron chi connectivity index (χ0n) is 2.15. The molecule has 0 aromatic heterocycles. The van der Waals surface area contributed by atoms with E-state index in [1.165, 1.54) is 0 Å². The fourth-order valence-electron chi connectivity index (χ4n) is 0. The van der Waals surface area contributed by atoms with Crippen molar-refractivity contribution in [1.82, 2.24) is 0 Å². The second kappa shape index (κ2) is 58.9. The molecule has 0 aliphatic rings. The molecule has 0 atom stereocenters. The van der Waals surface area contributed by atoms with Crippen LogP contribution >= 0.6 is 0 Å². The minimum atomic E-state index is 1.67. The fraction of sp³-hybridized carbons (Fsp3) is 0. The first-order valence-electron chi connectivity index (χ1n) is 0.577. The molecule has 0 saturated carbocycles. The van der Waals surface area contributed by atoms with Crippen LogP contribution in [0.5, 0.6) is 0 Å². The third-order valence-electron chi connectivity index (χ3n) is 0. The molecule has 0 saturated heterocycles. The van der Waals surface area contributed by atoms with Gasteiger partial charge in [-0.05, 0) is 0 Å². The van der Waals surface area contributed by atoms with Crippen molar-refractivity contribution in [1.29, 1.82) is 8.69 Å². The molecule has 0 heterocycles. The average molecular weight is 84.0 g/mol. The summed E-state index contributed by atoms with van der Waals surface area (Å²) in [6.45, 7) is 0. The van der Waals surface area contributed by atoms with E-state index in [0.29, 0.717) is 0 Å². The zero-order valence-corrected chi connectivity index (χ0v) is 4.46. The van der Waals surface area contributed by atoms with Crippen molar-refractivity contribution in [2.75, 3.05) is 0 Å². The van der Waals surface area contributed by atoms with Crippen molar-refractivity contribution in [3.05, 3.63) is 0 Å². The van der Waals surface area contributed by atoms with Crippen LogP contribution in [-0.4, -0.2) is 32.2 Å². The van der Waals surface area contributed by atoms with E-state index in [9.17, 15) is 0 Å². The molecule has 0 amide bonds. The Balaban J connectivity index is 0. The summed E-state index contributed by atoms with van der Waals surface area (Å²) in [5.41, 5.74) is 0. The molecule has 0 aromatic rings. The van der Waals surface area contributed by atoms with E-state index >= 15 is 0 Å². The van der Waals surface area contributed by atoms with Crippen LogP contribution in [0.2, 0.25) is 0 Å². The van der Waals surface area contributed by atoms with E-state index in [0.717, 1.165) is 0 Å². The first kappa shape index (κ1) is 8.82. The molecule has 0 aliphatic carbocycles. The van der Waals surface area contributed by atoms with Crippen LogP contribution in [0, 0.1) is 8.69 Å². The summed E-state index contributed by atoms with van der Waals surface area (Å²) in [5.74, 6) is 0. The van der Waals surface area contributed by atoms with Gasteiger partial charge < -0.3 is 0 Å². The molecule has 0 aromatic carbocycles. The van der Waals surface area contributed by atoms with Gasteiger partial charge in [0.05, 0.1) is 0 Å². The SMILES string of the molecule is [NH]=[Al].[NH]=[Al]. The van der Waals surface area contributed by atoms with Crippen LogP contribution in [0.15, 0.2) is 0 Å². The molecule has 0 rings (SSSR count). The second-order valence-electron chi connectivity index (χ2n) is 0. The predicted octanol–water partition coefficient (Wildman–Crippen LogP) is -0.165. The van der Waals surface area contributed by atoms with Crippen LogP contribution in [-0.2, 0) is 0 Å². The predicted molar refractivity (Wildman–Crippen MR) is 16.9 cm³/mol. The topological polar surface area (TPSA) is 47.7 Å². The molecule has 4 heteroatoms.